The minimum Gasteiger partial charge on any atom is -0.493 e. The average molecular weight is 286 g/mol. The molecule has 1 unspecified atom stereocenters. The zero-order valence-electron chi connectivity index (χ0n) is 11.5. The molecule has 2 aromatic carbocycles. The van der Waals surface area contributed by atoms with Crippen LogP contribution in [0.25, 0.3) is 0 Å². The van der Waals surface area contributed by atoms with Crippen LogP contribution in [0.15, 0.2) is 47.4 Å². The first-order valence-electron chi connectivity index (χ1n) is 6.87. The summed E-state index contributed by atoms with van der Waals surface area (Å²) in [6.45, 7) is 0.737. The highest BCUT2D eigenvalue weighted by molar-refractivity contribution is 7.98. The van der Waals surface area contributed by atoms with E-state index in [-0.39, 0.29) is 0 Å². The van der Waals surface area contributed by atoms with Crippen molar-refractivity contribution in [2.24, 2.45) is 0 Å². The number of aliphatic hydroxyl groups is 1. The van der Waals surface area contributed by atoms with Gasteiger partial charge in [-0.2, -0.15) is 0 Å². The van der Waals surface area contributed by atoms with Gasteiger partial charge in [0.25, 0.3) is 0 Å². The monoisotopic (exact) mass is 286 g/mol. The lowest BCUT2D eigenvalue weighted by atomic mass is 9.95. The number of ether oxygens (including phenoxy) is 1. The van der Waals surface area contributed by atoms with Gasteiger partial charge in [0.05, 0.1) is 6.61 Å². The van der Waals surface area contributed by atoms with Crippen molar-refractivity contribution in [1.82, 2.24) is 0 Å². The highest BCUT2D eigenvalue weighted by Gasteiger charge is 2.22. The molecule has 2 aromatic rings. The highest BCUT2D eigenvalue weighted by Crippen LogP contribution is 2.38. The van der Waals surface area contributed by atoms with Crippen LogP contribution in [0.1, 0.15) is 29.2 Å². The van der Waals surface area contributed by atoms with Crippen LogP contribution in [0.2, 0.25) is 0 Å². The zero-order chi connectivity index (χ0) is 13.9. The van der Waals surface area contributed by atoms with Gasteiger partial charge in [0, 0.05) is 10.5 Å². The molecule has 1 heterocycles. The molecule has 1 N–H and O–H groups in total. The third-order valence-corrected chi connectivity index (χ3v) is 4.50. The molecule has 0 spiro atoms. The van der Waals surface area contributed by atoms with Gasteiger partial charge in [0.15, 0.2) is 0 Å². The van der Waals surface area contributed by atoms with Crippen LogP contribution < -0.4 is 4.74 Å². The fourth-order valence-corrected chi connectivity index (χ4v) is 3.32. The molecule has 104 valence electrons. The van der Waals surface area contributed by atoms with Crippen LogP contribution in [0.4, 0.5) is 0 Å². The molecule has 3 heteroatoms. The van der Waals surface area contributed by atoms with E-state index < -0.39 is 6.10 Å². The number of rotatable bonds is 3. The maximum Gasteiger partial charge on any atom is 0.128 e. The van der Waals surface area contributed by atoms with Crippen molar-refractivity contribution < 1.29 is 9.84 Å². The summed E-state index contributed by atoms with van der Waals surface area (Å²) in [5.41, 5.74) is 3.03. The Labute approximate surface area is 123 Å². The molecule has 1 atom stereocenters. The fraction of sp³-hybridized carbons (Fsp3) is 0.294. The first-order chi connectivity index (χ1) is 9.81. The molecule has 0 saturated heterocycles. The molecule has 0 aliphatic carbocycles. The van der Waals surface area contributed by atoms with Crippen molar-refractivity contribution in [3.8, 4) is 5.75 Å². The van der Waals surface area contributed by atoms with Gasteiger partial charge in [-0.1, -0.05) is 36.4 Å². The van der Waals surface area contributed by atoms with Crippen molar-refractivity contribution in [2.45, 2.75) is 23.8 Å². The van der Waals surface area contributed by atoms with Crippen LogP contribution in [0.5, 0.6) is 5.75 Å². The Bertz CT molecular complexity index is 610. The number of para-hydroxylation sites is 1. The Kier molecular flexibility index (Phi) is 3.99. The van der Waals surface area contributed by atoms with Crippen LogP contribution in [0, 0.1) is 0 Å². The van der Waals surface area contributed by atoms with E-state index in [0.717, 1.165) is 41.2 Å². The van der Waals surface area contributed by atoms with Crippen molar-refractivity contribution >= 4 is 11.8 Å². The largest absolute Gasteiger partial charge is 0.493 e. The second-order valence-electron chi connectivity index (χ2n) is 4.93. The lowest BCUT2D eigenvalue weighted by molar-refractivity contribution is 0.204. The molecule has 20 heavy (non-hydrogen) atoms. The Balaban J connectivity index is 2.04. The van der Waals surface area contributed by atoms with Crippen molar-refractivity contribution in [3.63, 3.8) is 0 Å². The summed E-state index contributed by atoms with van der Waals surface area (Å²) < 4.78 is 5.80. The SMILES string of the molecule is CSc1ccccc1C(O)c1cccc2c1OCCC2. The number of hydrogen-bond donors (Lipinski definition) is 1. The van der Waals surface area contributed by atoms with Crippen molar-refractivity contribution in [1.29, 1.82) is 0 Å². The summed E-state index contributed by atoms with van der Waals surface area (Å²) >= 11 is 1.65. The first kappa shape index (κ1) is 13.5. The third kappa shape index (κ3) is 2.43. The van der Waals surface area contributed by atoms with Crippen LogP contribution in [-0.2, 0) is 6.42 Å². The molecular weight excluding hydrogens is 268 g/mol. The van der Waals surface area contributed by atoms with Gasteiger partial charge in [-0.15, -0.1) is 11.8 Å². The summed E-state index contributed by atoms with van der Waals surface area (Å²) in [4.78, 5) is 1.11. The van der Waals surface area contributed by atoms with E-state index in [9.17, 15) is 5.11 Å². The van der Waals surface area contributed by atoms with Crippen LogP contribution in [-0.4, -0.2) is 18.0 Å². The predicted molar refractivity (Wildman–Crippen MR) is 82.5 cm³/mol. The smallest absolute Gasteiger partial charge is 0.128 e. The molecule has 1 aliphatic heterocycles. The van der Waals surface area contributed by atoms with Gasteiger partial charge in [-0.25, -0.2) is 0 Å². The molecule has 0 fully saturated rings. The van der Waals surface area contributed by atoms with Gasteiger partial charge in [0.2, 0.25) is 0 Å². The average Bonchev–Trinajstić information content (AvgIpc) is 2.53. The molecule has 3 rings (SSSR count). The summed E-state index contributed by atoms with van der Waals surface area (Å²) in [7, 11) is 0. The van der Waals surface area contributed by atoms with Gasteiger partial charge in [0.1, 0.15) is 11.9 Å². The van der Waals surface area contributed by atoms with E-state index in [1.54, 1.807) is 11.8 Å². The van der Waals surface area contributed by atoms with Gasteiger partial charge < -0.3 is 9.84 Å². The quantitative estimate of drug-likeness (QED) is 0.870. The molecular formula is C17H18O2S. The van der Waals surface area contributed by atoms with E-state index in [1.165, 1.54) is 5.56 Å². The third-order valence-electron chi connectivity index (χ3n) is 3.69. The summed E-state index contributed by atoms with van der Waals surface area (Å²) in [5.74, 6) is 0.877. The standard InChI is InChI=1S/C17H18O2S/c1-20-15-10-3-2-8-13(15)16(18)14-9-4-6-12-7-5-11-19-17(12)14/h2-4,6,8-10,16,18H,5,7,11H2,1H3. The van der Waals surface area contributed by atoms with E-state index >= 15 is 0 Å². The number of benzene rings is 2. The predicted octanol–water partition coefficient (Wildman–Crippen LogP) is 3.82. The van der Waals surface area contributed by atoms with Crippen molar-refractivity contribution in [3.05, 3.63) is 59.2 Å². The maximum absolute atomic E-state index is 10.8. The molecule has 2 nitrogen and oxygen atoms in total. The number of hydrogen-bond acceptors (Lipinski definition) is 3. The van der Waals surface area contributed by atoms with E-state index in [4.69, 9.17) is 4.74 Å². The van der Waals surface area contributed by atoms with Gasteiger partial charge in [-0.05, 0) is 36.3 Å². The number of thioether (sulfide) groups is 1. The normalized spacial score (nSPS) is 15.3. The first-order valence-corrected chi connectivity index (χ1v) is 8.09. The fourth-order valence-electron chi connectivity index (χ4n) is 2.69. The number of fused-ring (bicyclic) bond motifs is 1. The topological polar surface area (TPSA) is 29.5 Å². The molecule has 0 saturated carbocycles. The second-order valence-corrected chi connectivity index (χ2v) is 5.78. The lowest BCUT2D eigenvalue weighted by Gasteiger charge is -2.23. The molecule has 0 amide bonds. The maximum atomic E-state index is 10.8. The number of aliphatic hydroxyl groups excluding tert-OH is 1. The Morgan fingerprint density at radius 2 is 1.90 bits per heavy atom. The summed E-state index contributed by atoms with van der Waals surface area (Å²) in [6.07, 6.45) is 3.47. The summed E-state index contributed by atoms with van der Waals surface area (Å²) in [6, 6.07) is 14.1. The Morgan fingerprint density at radius 3 is 2.75 bits per heavy atom. The lowest BCUT2D eigenvalue weighted by Crippen LogP contribution is -2.13. The second kappa shape index (κ2) is 5.90. The Morgan fingerprint density at radius 1 is 1.10 bits per heavy atom. The van der Waals surface area contributed by atoms with E-state index in [0.29, 0.717) is 0 Å². The highest BCUT2D eigenvalue weighted by atomic mass is 32.2. The molecule has 0 radical (unpaired) electrons. The van der Waals surface area contributed by atoms with Crippen molar-refractivity contribution in [2.75, 3.05) is 12.9 Å². The van der Waals surface area contributed by atoms with Crippen LogP contribution in [0.3, 0.4) is 0 Å². The zero-order valence-corrected chi connectivity index (χ0v) is 12.3. The van der Waals surface area contributed by atoms with Crippen LogP contribution >= 0.6 is 11.8 Å². The molecule has 0 bridgehead atoms. The number of aryl methyl sites for hydroxylation is 1. The molecule has 1 aliphatic rings. The minimum absolute atomic E-state index is 0.633. The van der Waals surface area contributed by atoms with Gasteiger partial charge >= 0.3 is 0 Å². The van der Waals surface area contributed by atoms with E-state index in [2.05, 4.69) is 6.07 Å². The molecule has 0 aromatic heterocycles. The van der Waals surface area contributed by atoms with E-state index in [1.807, 2.05) is 42.7 Å². The minimum atomic E-state index is -0.633. The Hall–Kier alpha value is -1.45. The van der Waals surface area contributed by atoms with Gasteiger partial charge in [-0.3, -0.25) is 0 Å². The summed E-state index contributed by atoms with van der Waals surface area (Å²) in [5, 5.41) is 10.8.